The van der Waals surface area contributed by atoms with E-state index >= 15 is 0 Å². The van der Waals surface area contributed by atoms with Gasteiger partial charge in [-0.1, -0.05) is 0 Å². The molecule has 0 bridgehead atoms. The van der Waals surface area contributed by atoms with E-state index in [1.54, 1.807) is 6.26 Å². The quantitative estimate of drug-likeness (QED) is 0.477. The van der Waals surface area contributed by atoms with E-state index in [0.29, 0.717) is 6.04 Å². The van der Waals surface area contributed by atoms with Gasteiger partial charge in [-0.05, 0) is 25.0 Å². The Bertz CT molecular complexity index is 264. The molecule has 2 nitrogen and oxygen atoms in total. The van der Waals surface area contributed by atoms with Crippen LogP contribution in [0.5, 0.6) is 0 Å². The first-order valence-electron chi connectivity index (χ1n) is 4.93. The molecule has 1 fully saturated rings. The predicted octanol–water partition coefficient (Wildman–Crippen LogP) is 2.74. The summed E-state index contributed by atoms with van der Waals surface area (Å²) in [7, 11) is 6.43. The van der Waals surface area contributed by atoms with Crippen molar-refractivity contribution in [3.8, 4) is 0 Å². The van der Waals surface area contributed by atoms with Gasteiger partial charge in [-0.3, -0.25) is 0 Å². The molecule has 72 valence electrons. The zero-order valence-electron chi connectivity index (χ0n) is 8.20. The number of piperidine rings is 1. The van der Waals surface area contributed by atoms with Gasteiger partial charge in [0.1, 0.15) is 6.04 Å². The van der Waals surface area contributed by atoms with Crippen molar-refractivity contribution in [3.05, 3.63) is 31.2 Å². The number of furan rings is 1. The summed E-state index contributed by atoms with van der Waals surface area (Å²) >= 11 is 0. The van der Waals surface area contributed by atoms with Gasteiger partial charge < -0.3 is 8.90 Å². The molecule has 0 unspecified atom stereocenters. The standard InChI is InChI=1S/C11H17NO/c1-12(2)8-4-3-6-10(12)11-7-5-9-13-11/h5,7,9-10H,1,3-4,6,8H2,2H3/t10-,12+/m0/s1. The van der Waals surface area contributed by atoms with Crippen molar-refractivity contribution < 1.29 is 8.90 Å². The maximum atomic E-state index is 5.45. The van der Waals surface area contributed by atoms with E-state index in [1.807, 2.05) is 6.07 Å². The first-order chi connectivity index (χ1) is 6.20. The highest BCUT2D eigenvalue weighted by molar-refractivity contribution is 5.02. The Morgan fingerprint density at radius 1 is 1.54 bits per heavy atom. The molecular weight excluding hydrogens is 162 g/mol. The van der Waals surface area contributed by atoms with Crippen LogP contribution in [-0.4, -0.2) is 18.1 Å². The van der Waals surface area contributed by atoms with Gasteiger partial charge >= 0.3 is 0 Å². The van der Waals surface area contributed by atoms with Crippen molar-refractivity contribution in [2.24, 2.45) is 0 Å². The van der Waals surface area contributed by atoms with E-state index in [2.05, 4.69) is 20.2 Å². The number of hydrogen-bond acceptors (Lipinski definition) is 1. The summed E-state index contributed by atoms with van der Waals surface area (Å²) < 4.78 is 6.28. The maximum absolute atomic E-state index is 5.45. The first-order valence-corrected chi connectivity index (χ1v) is 4.93. The predicted molar refractivity (Wildman–Crippen MR) is 51.7 cm³/mol. The molecule has 1 saturated heterocycles. The SMILES string of the molecule is [CH2-][N@@+]1(C)CCCC[C@H]1c1ccco1. The van der Waals surface area contributed by atoms with E-state index < -0.39 is 0 Å². The summed E-state index contributed by atoms with van der Waals surface area (Å²) in [6.45, 7) is 1.16. The molecule has 0 spiro atoms. The van der Waals surface area contributed by atoms with E-state index in [9.17, 15) is 0 Å². The molecule has 2 atom stereocenters. The second kappa shape index (κ2) is 3.18. The molecule has 1 aromatic heterocycles. The zero-order valence-corrected chi connectivity index (χ0v) is 8.20. The fraction of sp³-hybridized carbons (Fsp3) is 0.545. The minimum Gasteiger partial charge on any atom is -0.463 e. The second-order valence-corrected chi connectivity index (χ2v) is 4.23. The normalized spacial score (nSPS) is 34.8. The Balaban J connectivity index is 2.21. The summed E-state index contributed by atoms with van der Waals surface area (Å²) in [6.07, 6.45) is 5.55. The summed E-state index contributed by atoms with van der Waals surface area (Å²) in [5.41, 5.74) is 0. The number of likely N-dealkylation sites (tertiary alicyclic amines) is 1. The zero-order chi connectivity index (χ0) is 9.31. The Morgan fingerprint density at radius 2 is 2.38 bits per heavy atom. The third kappa shape index (κ3) is 1.63. The van der Waals surface area contributed by atoms with Crippen LogP contribution in [0, 0.1) is 7.05 Å². The molecule has 2 rings (SSSR count). The van der Waals surface area contributed by atoms with Crippen LogP contribution in [-0.2, 0) is 0 Å². The minimum atomic E-state index is 0.462. The van der Waals surface area contributed by atoms with Gasteiger partial charge in [0.25, 0.3) is 0 Å². The average molecular weight is 179 g/mol. The van der Waals surface area contributed by atoms with Gasteiger partial charge in [0.2, 0.25) is 0 Å². The monoisotopic (exact) mass is 179 g/mol. The van der Waals surface area contributed by atoms with Crippen LogP contribution in [0.15, 0.2) is 22.8 Å². The number of nitrogens with zero attached hydrogens (tertiary/aromatic N) is 1. The molecule has 2 heterocycles. The van der Waals surface area contributed by atoms with E-state index in [0.717, 1.165) is 16.8 Å². The highest BCUT2D eigenvalue weighted by atomic mass is 16.3. The molecule has 1 aromatic rings. The lowest BCUT2D eigenvalue weighted by Crippen LogP contribution is -2.44. The fourth-order valence-corrected chi connectivity index (χ4v) is 2.21. The lowest BCUT2D eigenvalue weighted by Gasteiger charge is -2.47. The Kier molecular flexibility index (Phi) is 2.16. The largest absolute Gasteiger partial charge is 0.463 e. The van der Waals surface area contributed by atoms with Gasteiger partial charge in [-0.15, -0.1) is 7.05 Å². The average Bonchev–Trinajstić information content (AvgIpc) is 2.55. The van der Waals surface area contributed by atoms with Gasteiger partial charge in [0.05, 0.1) is 12.8 Å². The van der Waals surface area contributed by atoms with Crippen molar-refractivity contribution in [2.75, 3.05) is 13.6 Å². The van der Waals surface area contributed by atoms with Crippen molar-refractivity contribution in [2.45, 2.75) is 25.3 Å². The minimum absolute atomic E-state index is 0.462. The number of quaternary nitrogens is 1. The third-order valence-electron chi connectivity index (χ3n) is 3.02. The topological polar surface area (TPSA) is 13.1 Å². The van der Waals surface area contributed by atoms with E-state index in [-0.39, 0.29) is 0 Å². The molecule has 0 aliphatic carbocycles. The van der Waals surface area contributed by atoms with Crippen molar-refractivity contribution >= 4 is 0 Å². The first kappa shape index (κ1) is 8.82. The van der Waals surface area contributed by atoms with Crippen LogP contribution in [0.3, 0.4) is 0 Å². The van der Waals surface area contributed by atoms with Crippen LogP contribution in [0.4, 0.5) is 0 Å². The molecule has 1 aliphatic heterocycles. The lowest BCUT2D eigenvalue weighted by atomic mass is 9.98. The highest BCUT2D eigenvalue weighted by Crippen LogP contribution is 2.35. The summed E-state index contributed by atoms with van der Waals surface area (Å²) in [4.78, 5) is 0. The molecule has 13 heavy (non-hydrogen) atoms. The molecule has 0 saturated carbocycles. The van der Waals surface area contributed by atoms with E-state index in [1.165, 1.54) is 19.3 Å². The van der Waals surface area contributed by atoms with Crippen LogP contribution < -0.4 is 0 Å². The Hall–Kier alpha value is -0.760. The molecule has 1 aliphatic rings. The van der Waals surface area contributed by atoms with Crippen molar-refractivity contribution in [3.63, 3.8) is 0 Å². The van der Waals surface area contributed by atoms with Crippen LogP contribution in [0.25, 0.3) is 0 Å². The molecule has 0 radical (unpaired) electrons. The number of rotatable bonds is 1. The fourth-order valence-electron chi connectivity index (χ4n) is 2.21. The third-order valence-corrected chi connectivity index (χ3v) is 3.02. The highest BCUT2D eigenvalue weighted by Gasteiger charge is 2.29. The second-order valence-electron chi connectivity index (χ2n) is 4.23. The van der Waals surface area contributed by atoms with Crippen LogP contribution in [0.1, 0.15) is 31.1 Å². The number of hydrogen-bond donors (Lipinski definition) is 0. The molecule has 0 aromatic carbocycles. The molecule has 0 amide bonds. The summed E-state index contributed by atoms with van der Waals surface area (Å²) in [5.74, 6) is 1.09. The van der Waals surface area contributed by atoms with E-state index in [4.69, 9.17) is 4.42 Å². The van der Waals surface area contributed by atoms with Gasteiger partial charge in [0, 0.05) is 13.5 Å². The molecular formula is C11H17NO. The van der Waals surface area contributed by atoms with Gasteiger partial charge in [-0.2, -0.15) is 0 Å². The van der Waals surface area contributed by atoms with Gasteiger partial charge in [-0.25, -0.2) is 0 Å². The lowest BCUT2D eigenvalue weighted by molar-refractivity contribution is -0.904. The van der Waals surface area contributed by atoms with Gasteiger partial charge in [0.15, 0.2) is 5.76 Å². The molecule has 0 N–H and O–H groups in total. The van der Waals surface area contributed by atoms with Crippen molar-refractivity contribution in [1.82, 2.24) is 0 Å². The van der Waals surface area contributed by atoms with Crippen molar-refractivity contribution in [1.29, 1.82) is 0 Å². The Morgan fingerprint density at radius 3 is 3.00 bits per heavy atom. The maximum Gasteiger partial charge on any atom is 0.158 e. The van der Waals surface area contributed by atoms with Crippen LogP contribution >= 0.6 is 0 Å². The van der Waals surface area contributed by atoms with Crippen LogP contribution in [0.2, 0.25) is 0 Å². The summed E-state index contributed by atoms with van der Waals surface area (Å²) in [6, 6.07) is 4.49. The smallest absolute Gasteiger partial charge is 0.158 e. The molecule has 2 heteroatoms. The Labute approximate surface area is 79.7 Å². The summed E-state index contributed by atoms with van der Waals surface area (Å²) in [5, 5.41) is 0.